The van der Waals surface area contributed by atoms with E-state index in [1.165, 1.54) is 12.1 Å². The molecule has 0 saturated heterocycles. The third kappa shape index (κ3) is 4.42. The standard InChI is InChI=1S/C13H21FN2O/c1-2-5-16(6-7-17)10-11-3-4-13(14)8-12(11)9-15/h3-4,8,17H,2,5-7,9-10,15H2,1H3. The molecule has 4 heteroatoms. The van der Waals surface area contributed by atoms with E-state index in [2.05, 4.69) is 11.8 Å². The Hall–Kier alpha value is -0.970. The van der Waals surface area contributed by atoms with Gasteiger partial charge in [-0.15, -0.1) is 0 Å². The average Bonchev–Trinajstić information content (AvgIpc) is 2.32. The van der Waals surface area contributed by atoms with Crippen LogP contribution in [0.4, 0.5) is 4.39 Å². The zero-order chi connectivity index (χ0) is 12.7. The summed E-state index contributed by atoms with van der Waals surface area (Å²) in [5.41, 5.74) is 7.48. The molecule has 3 N–H and O–H groups in total. The van der Waals surface area contributed by atoms with E-state index in [0.717, 1.165) is 24.1 Å². The summed E-state index contributed by atoms with van der Waals surface area (Å²) in [5.74, 6) is -0.251. The van der Waals surface area contributed by atoms with Crippen molar-refractivity contribution < 1.29 is 9.50 Å². The monoisotopic (exact) mass is 240 g/mol. The Bertz CT molecular complexity index is 338. The zero-order valence-electron chi connectivity index (χ0n) is 10.3. The maximum atomic E-state index is 13.1. The number of benzene rings is 1. The predicted octanol–water partition coefficient (Wildman–Crippen LogP) is 1.49. The summed E-state index contributed by atoms with van der Waals surface area (Å²) in [6.45, 7) is 4.84. The van der Waals surface area contributed by atoms with Gasteiger partial charge in [0.15, 0.2) is 0 Å². The minimum Gasteiger partial charge on any atom is -0.395 e. The maximum absolute atomic E-state index is 13.1. The van der Waals surface area contributed by atoms with E-state index in [1.807, 2.05) is 0 Å². The van der Waals surface area contributed by atoms with Crippen LogP contribution < -0.4 is 5.73 Å². The molecule has 0 aliphatic rings. The van der Waals surface area contributed by atoms with Crippen LogP contribution in [-0.4, -0.2) is 29.7 Å². The lowest BCUT2D eigenvalue weighted by Crippen LogP contribution is -2.28. The van der Waals surface area contributed by atoms with Gasteiger partial charge in [-0.3, -0.25) is 4.90 Å². The van der Waals surface area contributed by atoms with Gasteiger partial charge in [0, 0.05) is 19.6 Å². The number of nitrogens with two attached hydrogens (primary N) is 1. The lowest BCUT2D eigenvalue weighted by molar-refractivity contribution is 0.190. The van der Waals surface area contributed by atoms with Crippen LogP contribution in [0, 0.1) is 5.82 Å². The lowest BCUT2D eigenvalue weighted by Gasteiger charge is -2.22. The first-order valence-electron chi connectivity index (χ1n) is 6.01. The van der Waals surface area contributed by atoms with Crippen molar-refractivity contribution in [3.63, 3.8) is 0 Å². The molecular formula is C13H21FN2O. The SMILES string of the molecule is CCCN(CCO)Cc1ccc(F)cc1CN. The summed E-state index contributed by atoms with van der Waals surface area (Å²) < 4.78 is 13.1. The zero-order valence-corrected chi connectivity index (χ0v) is 10.3. The van der Waals surface area contributed by atoms with Crippen molar-refractivity contribution in [2.24, 2.45) is 5.73 Å². The molecule has 0 saturated carbocycles. The molecule has 1 aromatic rings. The Morgan fingerprint density at radius 2 is 2.06 bits per heavy atom. The second kappa shape index (κ2) is 7.37. The van der Waals surface area contributed by atoms with E-state index in [1.54, 1.807) is 6.07 Å². The van der Waals surface area contributed by atoms with Gasteiger partial charge < -0.3 is 10.8 Å². The van der Waals surface area contributed by atoms with E-state index in [0.29, 0.717) is 19.6 Å². The first-order chi connectivity index (χ1) is 8.21. The highest BCUT2D eigenvalue weighted by molar-refractivity contribution is 5.27. The Labute approximate surface area is 102 Å². The van der Waals surface area contributed by atoms with E-state index in [9.17, 15) is 4.39 Å². The van der Waals surface area contributed by atoms with Gasteiger partial charge in [-0.2, -0.15) is 0 Å². The van der Waals surface area contributed by atoms with Crippen molar-refractivity contribution in [3.8, 4) is 0 Å². The van der Waals surface area contributed by atoms with Gasteiger partial charge in [0.25, 0.3) is 0 Å². The van der Waals surface area contributed by atoms with Gasteiger partial charge in [0.05, 0.1) is 6.61 Å². The Balaban J connectivity index is 2.76. The van der Waals surface area contributed by atoms with Gasteiger partial charge in [-0.25, -0.2) is 4.39 Å². The molecule has 0 aliphatic carbocycles. The second-order valence-corrected chi connectivity index (χ2v) is 4.12. The van der Waals surface area contributed by atoms with Crippen LogP contribution in [0.2, 0.25) is 0 Å². The Kier molecular flexibility index (Phi) is 6.11. The number of rotatable bonds is 7. The number of hydrogen-bond donors (Lipinski definition) is 2. The summed E-state index contributed by atoms with van der Waals surface area (Å²) in [7, 11) is 0. The Morgan fingerprint density at radius 3 is 2.65 bits per heavy atom. The molecule has 0 fully saturated rings. The predicted molar refractivity (Wildman–Crippen MR) is 66.9 cm³/mol. The van der Waals surface area contributed by atoms with E-state index >= 15 is 0 Å². The minimum atomic E-state index is -0.251. The molecule has 3 nitrogen and oxygen atoms in total. The number of hydrogen-bond acceptors (Lipinski definition) is 3. The molecule has 0 aromatic heterocycles. The van der Waals surface area contributed by atoms with E-state index in [-0.39, 0.29) is 12.4 Å². The van der Waals surface area contributed by atoms with Crippen LogP contribution >= 0.6 is 0 Å². The lowest BCUT2D eigenvalue weighted by atomic mass is 10.1. The van der Waals surface area contributed by atoms with Crippen LogP contribution in [0.3, 0.4) is 0 Å². The van der Waals surface area contributed by atoms with Crippen molar-refractivity contribution in [2.75, 3.05) is 19.7 Å². The molecule has 1 rings (SSSR count). The van der Waals surface area contributed by atoms with Gasteiger partial charge in [0.1, 0.15) is 5.82 Å². The highest BCUT2D eigenvalue weighted by Gasteiger charge is 2.08. The van der Waals surface area contributed by atoms with E-state index in [4.69, 9.17) is 10.8 Å². The Morgan fingerprint density at radius 1 is 1.29 bits per heavy atom. The second-order valence-electron chi connectivity index (χ2n) is 4.12. The molecule has 0 unspecified atom stereocenters. The molecule has 0 spiro atoms. The van der Waals surface area contributed by atoms with E-state index < -0.39 is 0 Å². The molecule has 0 aliphatic heterocycles. The molecule has 0 radical (unpaired) electrons. The summed E-state index contributed by atoms with van der Waals surface area (Å²) in [4.78, 5) is 2.15. The highest BCUT2D eigenvalue weighted by atomic mass is 19.1. The first-order valence-corrected chi connectivity index (χ1v) is 6.01. The van der Waals surface area contributed by atoms with Gasteiger partial charge in [-0.1, -0.05) is 13.0 Å². The summed E-state index contributed by atoms with van der Waals surface area (Å²) in [6.07, 6.45) is 1.03. The molecule has 96 valence electrons. The van der Waals surface area contributed by atoms with Crippen molar-refractivity contribution in [1.29, 1.82) is 0 Å². The van der Waals surface area contributed by atoms with Crippen molar-refractivity contribution in [1.82, 2.24) is 4.90 Å². The van der Waals surface area contributed by atoms with Gasteiger partial charge in [0.2, 0.25) is 0 Å². The fourth-order valence-electron chi connectivity index (χ4n) is 1.91. The summed E-state index contributed by atoms with van der Waals surface area (Å²) >= 11 is 0. The molecular weight excluding hydrogens is 219 g/mol. The normalized spacial score (nSPS) is 11.1. The molecule has 0 heterocycles. The summed E-state index contributed by atoms with van der Waals surface area (Å²) in [5, 5.41) is 8.99. The molecule has 17 heavy (non-hydrogen) atoms. The fourth-order valence-corrected chi connectivity index (χ4v) is 1.91. The van der Waals surface area contributed by atoms with Gasteiger partial charge >= 0.3 is 0 Å². The molecule has 1 aromatic carbocycles. The molecule has 0 bridgehead atoms. The third-order valence-corrected chi connectivity index (χ3v) is 2.74. The first kappa shape index (κ1) is 14.1. The van der Waals surface area contributed by atoms with Crippen LogP contribution in [-0.2, 0) is 13.1 Å². The number of aliphatic hydroxyl groups excluding tert-OH is 1. The van der Waals surface area contributed by atoms with Crippen molar-refractivity contribution in [2.45, 2.75) is 26.4 Å². The van der Waals surface area contributed by atoms with Crippen molar-refractivity contribution in [3.05, 3.63) is 35.1 Å². The number of halogens is 1. The van der Waals surface area contributed by atoms with Crippen molar-refractivity contribution >= 4 is 0 Å². The quantitative estimate of drug-likeness (QED) is 0.759. The van der Waals surface area contributed by atoms with Crippen LogP contribution in [0.15, 0.2) is 18.2 Å². The van der Waals surface area contributed by atoms with Crippen LogP contribution in [0.25, 0.3) is 0 Å². The highest BCUT2D eigenvalue weighted by Crippen LogP contribution is 2.13. The number of aliphatic hydroxyl groups is 1. The van der Waals surface area contributed by atoms with Crippen LogP contribution in [0.5, 0.6) is 0 Å². The fraction of sp³-hybridized carbons (Fsp3) is 0.538. The average molecular weight is 240 g/mol. The minimum absolute atomic E-state index is 0.138. The van der Waals surface area contributed by atoms with Gasteiger partial charge in [-0.05, 0) is 36.2 Å². The maximum Gasteiger partial charge on any atom is 0.123 e. The third-order valence-electron chi connectivity index (χ3n) is 2.74. The topological polar surface area (TPSA) is 49.5 Å². The number of nitrogens with zero attached hydrogens (tertiary/aromatic N) is 1. The smallest absolute Gasteiger partial charge is 0.123 e. The molecule has 0 amide bonds. The molecule has 0 atom stereocenters. The largest absolute Gasteiger partial charge is 0.395 e. The summed E-state index contributed by atoms with van der Waals surface area (Å²) in [6, 6.07) is 4.72. The van der Waals surface area contributed by atoms with Crippen LogP contribution in [0.1, 0.15) is 24.5 Å².